The molecule has 0 saturated carbocycles. The SMILES string of the molecule is CC(C)CCCCCCCCCCCCCCCCCCCCC(=O)O[C@H](COC(=O)CCCCCCCCCCCCCCC(C)C)COC(=O)CCCCCCCCCC(C)C. The molecule has 6 nitrogen and oxygen atoms in total. The lowest BCUT2D eigenvalue weighted by atomic mass is 10.0. The molecule has 6 heteroatoms. The highest BCUT2D eigenvalue weighted by atomic mass is 16.6. The Balaban J connectivity index is 4.23. The molecule has 0 heterocycles. The van der Waals surface area contributed by atoms with Gasteiger partial charge >= 0.3 is 17.9 Å². The van der Waals surface area contributed by atoms with E-state index in [1.54, 1.807) is 0 Å². The second-order valence-electron chi connectivity index (χ2n) is 21.4. The maximum absolute atomic E-state index is 12.8. The molecular formula is C58H112O6. The third-order valence-electron chi connectivity index (χ3n) is 13.1. The highest BCUT2D eigenvalue weighted by Crippen LogP contribution is 2.18. The zero-order chi connectivity index (χ0) is 47.0. The Morgan fingerprint density at radius 2 is 0.453 bits per heavy atom. The number of esters is 3. The van der Waals surface area contributed by atoms with E-state index in [4.69, 9.17) is 14.2 Å². The Bertz CT molecular complexity index is 991. The molecule has 0 radical (unpaired) electrons. The van der Waals surface area contributed by atoms with Crippen molar-refractivity contribution in [3.8, 4) is 0 Å². The molecule has 0 bridgehead atoms. The van der Waals surface area contributed by atoms with Crippen LogP contribution in [0.15, 0.2) is 0 Å². The predicted octanol–water partition coefficient (Wildman–Crippen LogP) is 18.7. The van der Waals surface area contributed by atoms with Gasteiger partial charge in [-0.1, -0.05) is 279 Å². The first kappa shape index (κ1) is 62.4. The molecule has 0 N–H and O–H groups in total. The summed E-state index contributed by atoms with van der Waals surface area (Å²) in [5, 5.41) is 0. The highest BCUT2D eigenvalue weighted by Gasteiger charge is 2.19. The average Bonchev–Trinajstić information content (AvgIpc) is 3.25. The van der Waals surface area contributed by atoms with Crippen LogP contribution in [0.2, 0.25) is 0 Å². The molecule has 0 aliphatic heterocycles. The summed E-state index contributed by atoms with van der Waals surface area (Å²) in [5.41, 5.74) is 0. The van der Waals surface area contributed by atoms with E-state index in [9.17, 15) is 14.4 Å². The molecule has 64 heavy (non-hydrogen) atoms. The van der Waals surface area contributed by atoms with Gasteiger partial charge in [0.15, 0.2) is 6.10 Å². The van der Waals surface area contributed by atoms with Gasteiger partial charge in [-0.2, -0.15) is 0 Å². The third kappa shape index (κ3) is 51.4. The summed E-state index contributed by atoms with van der Waals surface area (Å²) in [6, 6.07) is 0. The number of rotatable bonds is 51. The Labute approximate surface area is 399 Å². The van der Waals surface area contributed by atoms with Crippen LogP contribution in [0.1, 0.15) is 318 Å². The molecule has 0 aromatic rings. The van der Waals surface area contributed by atoms with E-state index >= 15 is 0 Å². The van der Waals surface area contributed by atoms with Gasteiger partial charge in [-0.05, 0) is 37.0 Å². The summed E-state index contributed by atoms with van der Waals surface area (Å²) in [7, 11) is 0. The number of carbonyl (C=O) groups is 3. The largest absolute Gasteiger partial charge is 0.462 e. The molecule has 0 fully saturated rings. The van der Waals surface area contributed by atoms with Crippen molar-refractivity contribution in [2.24, 2.45) is 17.8 Å². The van der Waals surface area contributed by atoms with E-state index < -0.39 is 6.10 Å². The van der Waals surface area contributed by atoms with E-state index in [2.05, 4.69) is 41.5 Å². The lowest BCUT2D eigenvalue weighted by molar-refractivity contribution is -0.167. The smallest absolute Gasteiger partial charge is 0.306 e. The van der Waals surface area contributed by atoms with Crippen LogP contribution in [-0.2, 0) is 28.6 Å². The zero-order valence-electron chi connectivity index (χ0n) is 44.1. The number of hydrogen-bond acceptors (Lipinski definition) is 6. The molecule has 1 atom stereocenters. The van der Waals surface area contributed by atoms with E-state index in [0.717, 1.165) is 75.5 Å². The second-order valence-corrected chi connectivity index (χ2v) is 21.4. The van der Waals surface area contributed by atoms with Crippen LogP contribution in [0.3, 0.4) is 0 Å². The van der Waals surface area contributed by atoms with Crippen molar-refractivity contribution >= 4 is 17.9 Å². The summed E-state index contributed by atoms with van der Waals surface area (Å²) in [6.45, 7) is 13.7. The topological polar surface area (TPSA) is 78.9 Å². The maximum Gasteiger partial charge on any atom is 0.306 e. The maximum atomic E-state index is 12.8. The first-order valence-electron chi connectivity index (χ1n) is 28.6. The Morgan fingerprint density at radius 1 is 0.266 bits per heavy atom. The normalized spacial score (nSPS) is 12.1. The quantitative estimate of drug-likeness (QED) is 0.0344. The van der Waals surface area contributed by atoms with Crippen molar-refractivity contribution < 1.29 is 28.6 Å². The average molecular weight is 906 g/mol. The van der Waals surface area contributed by atoms with Gasteiger partial charge in [-0.15, -0.1) is 0 Å². The fourth-order valence-electron chi connectivity index (χ4n) is 8.82. The van der Waals surface area contributed by atoms with Crippen LogP contribution < -0.4 is 0 Å². The first-order chi connectivity index (χ1) is 31.1. The van der Waals surface area contributed by atoms with Crippen LogP contribution >= 0.6 is 0 Å². The van der Waals surface area contributed by atoms with Crippen LogP contribution in [0.25, 0.3) is 0 Å². The summed E-state index contributed by atoms with van der Waals surface area (Å²) in [6.07, 6.45) is 51.1. The molecular weight excluding hydrogens is 793 g/mol. The van der Waals surface area contributed by atoms with E-state index in [0.29, 0.717) is 19.3 Å². The number of hydrogen-bond donors (Lipinski definition) is 0. The predicted molar refractivity (Wildman–Crippen MR) is 275 cm³/mol. The molecule has 0 aliphatic carbocycles. The number of unbranched alkanes of at least 4 members (excludes halogenated alkanes) is 34. The van der Waals surface area contributed by atoms with Gasteiger partial charge in [0.1, 0.15) is 13.2 Å². The highest BCUT2D eigenvalue weighted by molar-refractivity contribution is 5.71. The van der Waals surface area contributed by atoms with Gasteiger partial charge in [0, 0.05) is 19.3 Å². The molecule has 0 rings (SSSR count). The van der Waals surface area contributed by atoms with Crippen molar-refractivity contribution in [2.75, 3.05) is 13.2 Å². The van der Waals surface area contributed by atoms with Crippen molar-refractivity contribution in [1.82, 2.24) is 0 Å². The van der Waals surface area contributed by atoms with Crippen LogP contribution in [-0.4, -0.2) is 37.2 Å². The van der Waals surface area contributed by atoms with Crippen molar-refractivity contribution in [3.05, 3.63) is 0 Å². The first-order valence-corrected chi connectivity index (χ1v) is 28.6. The minimum atomic E-state index is -0.763. The monoisotopic (exact) mass is 905 g/mol. The Kier molecular flexibility index (Phi) is 48.1. The lowest BCUT2D eigenvalue weighted by Crippen LogP contribution is -2.30. The van der Waals surface area contributed by atoms with Gasteiger partial charge in [0.2, 0.25) is 0 Å². The minimum absolute atomic E-state index is 0.0643. The van der Waals surface area contributed by atoms with Gasteiger partial charge < -0.3 is 14.2 Å². The molecule has 0 saturated heterocycles. The van der Waals surface area contributed by atoms with Gasteiger partial charge in [-0.3, -0.25) is 14.4 Å². The Morgan fingerprint density at radius 3 is 0.672 bits per heavy atom. The molecule has 0 amide bonds. The summed E-state index contributed by atoms with van der Waals surface area (Å²) in [5.74, 6) is 1.63. The molecule has 380 valence electrons. The number of ether oxygens (including phenoxy) is 3. The molecule has 0 aromatic heterocycles. The van der Waals surface area contributed by atoms with Crippen LogP contribution in [0.4, 0.5) is 0 Å². The van der Waals surface area contributed by atoms with Gasteiger partial charge in [-0.25, -0.2) is 0 Å². The van der Waals surface area contributed by atoms with Crippen LogP contribution in [0.5, 0.6) is 0 Å². The second kappa shape index (κ2) is 49.3. The number of carbonyl (C=O) groups excluding carboxylic acids is 3. The standard InChI is InChI=1S/C58H112O6/c1-52(2)44-38-32-26-21-17-13-11-9-7-8-10-12-14-20-24-30-37-43-49-58(61)64-55(51-63-57(60)48-42-36-31-25-28-34-40-46-54(5)6)50-62-56(59)47-41-35-29-23-19-16-15-18-22-27-33-39-45-53(3)4/h52-55H,7-51H2,1-6H3/t55-/m1/s1. The molecule has 0 aromatic carbocycles. The van der Waals surface area contributed by atoms with Gasteiger partial charge in [0.05, 0.1) is 0 Å². The summed E-state index contributed by atoms with van der Waals surface area (Å²) in [4.78, 5) is 38.0. The van der Waals surface area contributed by atoms with E-state index in [1.807, 2.05) is 0 Å². The van der Waals surface area contributed by atoms with Crippen molar-refractivity contribution in [2.45, 2.75) is 324 Å². The fraction of sp³-hybridized carbons (Fsp3) is 0.948. The van der Waals surface area contributed by atoms with Gasteiger partial charge in [0.25, 0.3) is 0 Å². The molecule has 0 unspecified atom stereocenters. The van der Waals surface area contributed by atoms with Crippen molar-refractivity contribution in [1.29, 1.82) is 0 Å². The zero-order valence-corrected chi connectivity index (χ0v) is 44.1. The van der Waals surface area contributed by atoms with Crippen molar-refractivity contribution in [3.63, 3.8) is 0 Å². The molecule has 0 aliphatic rings. The fourth-order valence-corrected chi connectivity index (χ4v) is 8.82. The summed E-state index contributed by atoms with van der Waals surface area (Å²) < 4.78 is 16.9. The molecule has 0 spiro atoms. The third-order valence-corrected chi connectivity index (χ3v) is 13.1. The minimum Gasteiger partial charge on any atom is -0.462 e. The lowest BCUT2D eigenvalue weighted by Gasteiger charge is -2.18. The van der Waals surface area contributed by atoms with Crippen LogP contribution in [0, 0.1) is 17.8 Å². The van der Waals surface area contributed by atoms with E-state index in [-0.39, 0.29) is 31.1 Å². The Hall–Kier alpha value is -1.59. The summed E-state index contributed by atoms with van der Waals surface area (Å²) >= 11 is 0. The van der Waals surface area contributed by atoms with E-state index in [1.165, 1.54) is 199 Å².